The monoisotopic (exact) mass is 280 g/mol. The molecule has 0 aromatic carbocycles. The third-order valence-electron chi connectivity index (χ3n) is 1.98. The quantitative estimate of drug-likeness (QED) is 0.676. The van der Waals surface area contributed by atoms with Gasteiger partial charge in [-0.2, -0.15) is 9.67 Å². The Hall–Kier alpha value is -2.03. The molecule has 3 aromatic heterocycles. The third-order valence-corrected chi connectivity index (χ3v) is 2.50. The molecule has 0 fully saturated rings. The van der Waals surface area contributed by atoms with Gasteiger partial charge in [0.15, 0.2) is 0 Å². The summed E-state index contributed by atoms with van der Waals surface area (Å²) in [7, 11) is 0. The van der Waals surface area contributed by atoms with Crippen LogP contribution in [0.15, 0.2) is 23.5 Å². The highest BCUT2D eigenvalue weighted by Crippen LogP contribution is 2.16. The van der Waals surface area contributed by atoms with Crippen molar-refractivity contribution in [1.82, 2.24) is 34.3 Å². The van der Waals surface area contributed by atoms with E-state index in [0.717, 1.165) is 0 Å². The van der Waals surface area contributed by atoms with Crippen LogP contribution in [-0.4, -0.2) is 34.3 Å². The lowest BCUT2D eigenvalue weighted by molar-refractivity contribution is 0.823. The van der Waals surface area contributed by atoms with E-state index in [1.165, 1.54) is 4.68 Å². The highest BCUT2D eigenvalue weighted by Gasteiger charge is 2.13. The number of aromatic nitrogens is 7. The molecule has 0 bridgehead atoms. The van der Waals surface area contributed by atoms with Gasteiger partial charge in [-0.25, -0.2) is 4.98 Å². The van der Waals surface area contributed by atoms with E-state index in [1.807, 2.05) is 0 Å². The number of hydrogen-bond acceptors (Lipinski definition) is 6. The van der Waals surface area contributed by atoms with E-state index in [9.17, 15) is 0 Å². The van der Waals surface area contributed by atoms with Crippen LogP contribution in [0.5, 0.6) is 0 Å². The minimum Gasteiger partial charge on any atom is -0.366 e. The molecule has 80 valence electrons. The van der Waals surface area contributed by atoms with Crippen LogP contribution in [0.4, 0.5) is 5.95 Å². The van der Waals surface area contributed by atoms with Crippen molar-refractivity contribution in [2.75, 3.05) is 5.73 Å². The van der Waals surface area contributed by atoms with Crippen molar-refractivity contribution in [1.29, 1.82) is 0 Å². The maximum Gasteiger partial charge on any atom is 0.241 e. The first-order valence-corrected chi connectivity index (χ1v) is 5.08. The van der Waals surface area contributed by atoms with Crippen LogP contribution in [0.2, 0.25) is 0 Å². The smallest absolute Gasteiger partial charge is 0.241 e. The summed E-state index contributed by atoms with van der Waals surface area (Å²) >= 11 is 3.24. The molecule has 8 nitrogen and oxygen atoms in total. The molecule has 2 N–H and O–H groups in total. The predicted molar refractivity (Wildman–Crippen MR) is 57.8 cm³/mol. The van der Waals surface area contributed by atoms with Crippen LogP contribution in [0, 0.1) is 0 Å². The molecule has 9 heteroatoms. The SMILES string of the molecule is Nc1nc(Br)n(-c2nccn3cnnc23)n1. The average molecular weight is 281 g/mol. The van der Waals surface area contributed by atoms with E-state index in [0.29, 0.717) is 16.2 Å². The van der Waals surface area contributed by atoms with Gasteiger partial charge in [-0.3, -0.25) is 4.40 Å². The standard InChI is InChI=1S/C7H5BrN8/c8-6-12-7(9)14-16(6)4-5-13-11-3-15(5)2-1-10-4/h1-3H,(H2,9,14). The van der Waals surface area contributed by atoms with Crippen LogP contribution in [-0.2, 0) is 0 Å². The topological polar surface area (TPSA) is 99.8 Å². The molecule has 0 spiro atoms. The predicted octanol–water partition coefficient (Wildman–Crippen LogP) is 0.0497. The van der Waals surface area contributed by atoms with Crippen molar-refractivity contribution in [2.24, 2.45) is 0 Å². The first-order valence-electron chi connectivity index (χ1n) is 4.28. The fourth-order valence-electron chi connectivity index (χ4n) is 1.34. The van der Waals surface area contributed by atoms with Gasteiger partial charge >= 0.3 is 0 Å². The van der Waals surface area contributed by atoms with Crippen molar-refractivity contribution < 1.29 is 0 Å². The van der Waals surface area contributed by atoms with E-state index in [1.54, 1.807) is 23.1 Å². The maximum atomic E-state index is 5.49. The van der Waals surface area contributed by atoms with E-state index in [-0.39, 0.29) is 5.95 Å². The summed E-state index contributed by atoms with van der Waals surface area (Å²) in [5.74, 6) is 0.672. The molecule has 0 aliphatic rings. The Morgan fingerprint density at radius 3 is 3.00 bits per heavy atom. The van der Waals surface area contributed by atoms with Crippen LogP contribution in [0.1, 0.15) is 0 Å². The molecule has 3 rings (SSSR count). The molecule has 0 saturated carbocycles. The summed E-state index contributed by atoms with van der Waals surface area (Å²) in [5, 5.41) is 11.7. The molecular weight excluding hydrogens is 276 g/mol. The average Bonchev–Trinajstić information content (AvgIpc) is 2.84. The summed E-state index contributed by atoms with van der Waals surface area (Å²) in [6.45, 7) is 0. The lowest BCUT2D eigenvalue weighted by atomic mass is 10.6. The number of nitrogen functional groups attached to an aromatic ring is 1. The minimum atomic E-state index is 0.162. The van der Waals surface area contributed by atoms with Gasteiger partial charge in [0.1, 0.15) is 6.33 Å². The van der Waals surface area contributed by atoms with E-state index < -0.39 is 0 Å². The van der Waals surface area contributed by atoms with Crippen LogP contribution in [0.25, 0.3) is 11.5 Å². The first-order chi connectivity index (χ1) is 7.75. The summed E-state index contributed by atoms with van der Waals surface area (Å²) in [5.41, 5.74) is 6.07. The van der Waals surface area contributed by atoms with Crippen molar-refractivity contribution in [3.8, 4) is 5.82 Å². The molecular formula is C7H5BrN8. The van der Waals surface area contributed by atoms with Gasteiger partial charge in [-0.05, 0) is 15.9 Å². The largest absolute Gasteiger partial charge is 0.366 e. The second-order valence-electron chi connectivity index (χ2n) is 2.96. The second-order valence-corrected chi connectivity index (χ2v) is 3.67. The maximum absolute atomic E-state index is 5.49. The zero-order valence-corrected chi connectivity index (χ0v) is 9.40. The number of anilines is 1. The first kappa shape index (κ1) is 9.21. The zero-order valence-electron chi connectivity index (χ0n) is 7.82. The molecule has 0 aliphatic carbocycles. The Labute approximate surface area is 97.3 Å². The highest BCUT2D eigenvalue weighted by atomic mass is 79.9. The lowest BCUT2D eigenvalue weighted by Gasteiger charge is -2.00. The molecule has 0 radical (unpaired) electrons. The van der Waals surface area contributed by atoms with E-state index >= 15 is 0 Å². The molecule has 3 heterocycles. The number of fused-ring (bicyclic) bond motifs is 1. The van der Waals surface area contributed by atoms with E-state index in [4.69, 9.17) is 5.73 Å². The van der Waals surface area contributed by atoms with Crippen molar-refractivity contribution in [3.63, 3.8) is 0 Å². The zero-order chi connectivity index (χ0) is 11.1. The third kappa shape index (κ3) is 1.25. The summed E-state index contributed by atoms with van der Waals surface area (Å²) in [6.07, 6.45) is 4.94. The molecule has 0 atom stereocenters. The molecule has 0 unspecified atom stereocenters. The number of nitrogens with zero attached hydrogens (tertiary/aromatic N) is 7. The van der Waals surface area contributed by atoms with Gasteiger partial charge in [0.2, 0.25) is 22.1 Å². The molecule has 0 amide bonds. The Bertz CT molecular complexity index is 655. The fourth-order valence-corrected chi connectivity index (χ4v) is 1.77. The minimum absolute atomic E-state index is 0.162. The Balaban J connectivity index is 2.33. The molecule has 3 aromatic rings. The van der Waals surface area contributed by atoms with E-state index in [2.05, 4.69) is 41.2 Å². The normalized spacial score (nSPS) is 11.1. The van der Waals surface area contributed by atoms with Crippen molar-refractivity contribution in [2.45, 2.75) is 0 Å². The van der Waals surface area contributed by atoms with Gasteiger partial charge in [-0.1, -0.05) is 0 Å². The van der Waals surface area contributed by atoms with Gasteiger partial charge in [0.05, 0.1) is 0 Å². The van der Waals surface area contributed by atoms with Crippen molar-refractivity contribution >= 4 is 27.5 Å². The second kappa shape index (κ2) is 3.23. The Morgan fingerprint density at radius 2 is 2.25 bits per heavy atom. The number of nitrogens with two attached hydrogens (primary N) is 1. The summed E-state index contributed by atoms with van der Waals surface area (Å²) < 4.78 is 3.65. The number of rotatable bonds is 1. The van der Waals surface area contributed by atoms with Crippen LogP contribution >= 0.6 is 15.9 Å². The number of halogens is 1. The highest BCUT2D eigenvalue weighted by molar-refractivity contribution is 9.10. The lowest BCUT2D eigenvalue weighted by Crippen LogP contribution is -2.03. The van der Waals surface area contributed by atoms with Gasteiger partial charge in [-0.15, -0.1) is 15.3 Å². The van der Waals surface area contributed by atoms with Crippen molar-refractivity contribution in [3.05, 3.63) is 23.5 Å². The van der Waals surface area contributed by atoms with Gasteiger partial charge < -0.3 is 5.73 Å². The van der Waals surface area contributed by atoms with Crippen LogP contribution in [0.3, 0.4) is 0 Å². The van der Waals surface area contributed by atoms with Crippen LogP contribution < -0.4 is 5.73 Å². The molecule has 0 saturated heterocycles. The molecule has 16 heavy (non-hydrogen) atoms. The molecule has 0 aliphatic heterocycles. The Kier molecular flexibility index (Phi) is 1.86. The van der Waals surface area contributed by atoms with Gasteiger partial charge in [0, 0.05) is 12.4 Å². The number of hydrogen-bond donors (Lipinski definition) is 1. The Morgan fingerprint density at radius 1 is 1.38 bits per heavy atom. The summed E-state index contributed by atoms with van der Waals surface area (Å²) in [4.78, 5) is 8.10. The summed E-state index contributed by atoms with van der Waals surface area (Å²) in [6, 6.07) is 0. The van der Waals surface area contributed by atoms with Gasteiger partial charge in [0.25, 0.3) is 0 Å². The fraction of sp³-hybridized carbons (Fsp3) is 0.